The van der Waals surface area contributed by atoms with Gasteiger partial charge < -0.3 is 20.7 Å². The maximum absolute atomic E-state index is 13.2. The third-order valence-corrected chi connectivity index (χ3v) is 6.55. The minimum Gasteiger partial charge on any atom is -0.465 e. The van der Waals surface area contributed by atoms with E-state index in [0.717, 1.165) is 48.9 Å². The molecule has 5 rings (SSSR count). The van der Waals surface area contributed by atoms with E-state index in [9.17, 15) is 19.5 Å². The number of rotatable bonds is 5. The fraction of sp³-hybridized carbons (Fsp3) is 0.280. The van der Waals surface area contributed by atoms with Crippen LogP contribution >= 0.6 is 0 Å². The van der Waals surface area contributed by atoms with Crippen LogP contribution in [0.4, 0.5) is 10.5 Å². The molecule has 0 saturated heterocycles. The molecule has 0 unspecified atom stereocenters. The summed E-state index contributed by atoms with van der Waals surface area (Å²) in [5.74, 6) is -0.878. The number of hydrogen-bond acceptors (Lipinski definition) is 4. The highest BCUT2D eigenvalue weighted by Gasteiger charge is 2.31. The van der Waals surface area contributed by atoms with Gasteiger partial charge >= 0.3 is 6.09 Å². The summed E-state index contributed by atoms with van der Waals surface area (Å²) in [6.07, 6.45) is 5.01. The van der Waals surface area contributed by atoms with Gasteiger partial charge in [-0.2, -0.15) is 5.10 Å². The molecule has 9 heteroatoms. The SMILES string of the molecule is O=C(O)N[C@@H](C(=O)Nc1cc2c3c(c(-c4ccccc4)[nH]c3c1)C=NNC2=O)C1CCCCC1. The van der Waals surface area contributed by atoms with Gasteiger partial charge in [0, 0.05) is 22.2 Å². The Bertz CT molecular complexity index is 1290. The lowest BCUT2D eigenvalue weighted by Crippen LogP contribution is -2.48. The van der Waals surface area contributed by atoms with Gasteiger partial charge in [0.25, 0.3) is 5.91 Å². The van der Waals surface area contributed by atoms with E-state index >= 15 is 0 Å². The molecule has 0 bridgehead atoms. The molecule has 9 nitrogen and oxygen atoms in total. The number of carbonyl (C=O) groups is 3. The smallest absolute Gasteiger partial charge is 0.405 e. The van der Waals surface area contributed by atoms with Crippen molar-refractivity contribution in [3.05, 3.63) is 53.6 Å². The van der Waals surface area contributed by atoms with Crippen LogP contribution in [0.1, 0.15) is 48.0 Å². The maximum Gasteiger partial charge on any atom is 0.405 e. The van der Waals surface area contributed by atoms with Crippen LogP contribution in [-0.2, 0) is 4.79 Å². The number of anilines is 1. The van der Waals surface area contributed by atoms with E-state index in [0.29, 0.717) is 22.2 Å². The summed E-state index contributed by atoms with van der Waals surface area (Å²) in [6, 6.07) is 12.2. The number of carbonyl (C=O) groups excluding carboxylic acids is 2. The first kappa shape index (κ1) is 21.7. The van der Waals surface area contributed by atoms with Crippen LogP contribution in [0.15, 0.2) is 47.6 Å². The lowest BCUT2D eigenvalue weighted by Gasteiger charge is -2.29. The summed E-state index contributed by atoms with van der Waals surface area (Å²) in [4.78, 5) is 40.7. The van der Waals surface area contributed by atoms with E-state index in [4.69, 9.17) is 0 Å². The average Bonchev–Trinajstić information content (AvgIpc) is 3.12. The standard InChI is InChI=1S/C25H25N5O4/c31-23-17-11-16(27-24(32)22(29-25(33)34)15-9-5-2-6-10-15)12-19-20(17)18(13-26-30-23)21(28-19)14-7-3-1-4-8-14/h1,3-4,7-8,11-13,15,22,28-29H,2,5-6,9-10H2,(H,27,32)(H,30,31)(H,33,34)/t22-/m1/s1. The second-order valence-electron chi connectivity index (χ2n) is 8.74. The third kappa shape index (κ3) is 4.12. The Hall–Kier alpha value is -4.14. The van der Waals surface area contributed by atoms with Crippen molar-refractivity contribution in [3.8, 4) is 11.3 Å². The minimum atomic E-state index is -1.23. The predicted molar refractivity (Wildman–Crippen MR) is 129 cm³/mol. The Morgan fingerprint density at radius 1 is 1.09 bits per heavy atom. The summed E-state index contributed by atoms with van der Waals surface area (Å²) < 4.78 is 0. The summed E-state index contributed by atoms with van der Waals surface area (Å²) in [7, 11) is 0. The summed E-state index contributed by atoms with van der Waals surface area (Å²) in [5.41, 5.74) is 6.49. The Morgan fingerprint density at radius 3 is 2.59 bits per heavy atom. The van der Waals surface area contributed by atoms with Gasteiger partial charge in [0.2, 0.25) is 5.91 Å². The number of hydrogen-bond donors (Lipinski definition) is 5. The van der Waals surface area contributed by atoms with E-state index in [-0.39, 0.29) is 11.8 Å². The molecule has 0 spiro atoms. The molecule has 2 heterocycles. The lowest BCUT2D eigenvalue weighted by atomic mass is 9.83. The molecule has 1 atom stereocenters. The number of carboxylic acid groups (broad SMARTS) is 1. The highest BCUT2D eigenvalue weighted by molar-refractivity contribution is 6.18. The maximum atomic E-state index is 13.2. The largest absolute Gasteiger partial charge is 0.465 e. The van der Waals surface area contributed by atoms with Crippen LogP contribution in [0.5, 0.6) is 0 Å². The second kappa shape index (κ2) is 9.01. The number of amides is 3. The number of hydrazone groups is 1. The van der Waals surface area contributed by atoms with Gasteiger partial charge in [-0.3, -0.25) is 9.59 Å². The van der Waals surface area contributed by atoms with Crippen molar-refractivity contribution in [2.75, 3.05) is 5.32 Å². The average molecular weight is 460 g/mol. The van der Waals surface area contributed by atoms with Crippen molar-refractivity contribution in [1.82, 2.24) is 15.7 Å². The number of nitrogens with one attached hydrogen (secondary N) is 4. The lowest BCUT2D eigenvalue weighted by molar-refractivity contribution is -0.119. The molecule has 3 amide bonds. The second-order valence-corrected chi connectivity index (χ2v) is 8.74. The quantitative estimate of drug-likeness (QED) is 0.393. The van der Waals surface area contributed by atoms with Crippen molar-refractivity contribution in [2.45, 2.75) is 38.1 Å². The van der Waals surface area contributed by atoms with Gasteiger partial charge in [0.05, 0.1) is 17.5 Å². The highest BCUT2D eigenvalue weighted by atomic mass is 16.4. The van der Waals surface area contributed by atoms with Crippen molar-refractivity contribution in [3.63, 3.8) is 0 Å². The highest BCUT2D eigenvalue weighted by Crippen LogP contribution is 2.35. The molecule has 174 valence electrons. The third-order valence-electron chi connectivity index (χ3n) is 6.55. The topological polar surface area (TPSA) is 136 Å². The first-order valence-electron chi connectivity index (χ1n) is 11.4. The fourth-order valence-electron chi connectivity index (χ4n) is 5.00. The van der Waals surface area contributed by atoms with E-state index in [1.165, 1.54) is 0 Å². The van der Waals surface area contributed by atoms with Gasteiger partial charge in [-0.05, 0) is 36.5 Å². The molecule has 2 aliphatic rings. The molecule has 1 fully saturated rings. The van der Waals surface area contributed by atoms with E-state index in [1.54, 1.807) is 18.3 Å². The molecule has 1 saturated carbocycles. The zero-order valence-electron chi connectivity index (χ0n) is 18.4. The fourth-order valence-corrected chi connectivity index (χ4v) is 5.00. The Kier molecular flexibility index (Phi) is 5.75. The van der Waals surface area contributed by atoms with Crippen LogP contribution in [0.3, 0.4) is 0 Å². The monoisotopic (exact) mass is 459 g/mol. The minimum absolute atomic E-state index is 0.0615. The first-order valence-corrected chi connectivity index (χ1v) is 11.4. The Morgan fingerprint density at radius 2 is 1.85 bits per heavy atom. The van der Waals surface area contributed by atoms with Crippen molar-refractivity contribution >= 4 is 40.7 Å². The van der Waals surface area contributed by atoms with Crippen LogP contribution in [0, 0.1) is 5.92 Å². The number of benzene rings is 2. The molecular weight excluding hydrogens is 434 g/mol. The molecule has 3 aromatic rings. The summed E-state index contributed by atoms with van der Waals surface area (Å²) in [5, 5.41) is 19.3. The number of H-pyrrole nitrogens is 1. The number of nitrogens with zero attached hydrogens (tertiary/aromatic N) is 1. The zero-order chi connectivity index (χ0) is 23.7. The molecule has 5 N–H and O–H groups in total. The van der Waals surface area contributed by atoms with Crippen molar-refractivity contribution < 1.29 is 19.5 Å². The van der Waals surface area contributed by atoms with Gasteiger partial charge in [-0.15, -0.1) is 0 Å². The molecule has 1 aromatic heterocycles. The first-order chi connectivity index (χ1) is 16.5. The number of aromatic nitrogens is 1. The van der Waals surface area contributed by atoms with Crippen LogP contribution in [0.2, 0.25) is 0 Å². The Labute approximate surface area is 195 Å². The molecule has 2 aromatic carbocycles. The summed E-state index contributed by atoms with van der Waals surface area (Å²) >= 11 is 0. The normalized spacial score (nSPS) is 16.5. The zero-order valence-corrected chi connectivity index (χ0v) is 18.4. The van der Waals surface area contributed by atoms with Crippen molar-refractivity contribution in [1.29, 1.82) is 0 Å². The van der Waals surface area contributed by atoms with E-state index in [1.807, 2.05) is 30.3 Å². The molecule has 34 heavy (non-hydrogen) atoms. The predicted octanol–water partition coefficient (Wildman–Crippen LogP) is 4.07. The van der Waals surface area contributed by atoms with Gasteiger partial charge in [0.1, 0.15) is 6.04 Å². The van der Waals surface area contributed by atoms with Gasteiger partial charge in [0.15, 0.2) is 0 Å². The summed E-state index contributed by atoms with van der Waals surface area (Å²) in [6.45, 7) is 0. The van der Waals surface area contributed by atoms with Gasteiger partial charge in [-0.1, -0.05) is 49.6 Å². The van der Waals surface area contributed by atoms with Gasteiger partial charge in [-0.25, -0.2) is 10.2 Å². The molecular formula is C25H25N5O4. The Balaban J connectivity index is 1.53. The molecule has 1 aliphatic carbocycles. The van der Waals surface area contributed by atoms with Crippen LogP contribution < -0.4 is 16.1 Å². The van der Waals surface area contributed by atoms with Crippen molar-refractivity contribution in [2.24, 2.45) is 11.0 Å². The van der Waals surface area contributed by atoms with E-state index < -0.39 is 18.0 Å². The van der Waals surface area contributed by atoms with Crippen LogP contribution in [-0.4, -0.2) is 40.3 Å². The van der Waals surface area contributed by atoms with Crippen LogP contribution in [0.25, 0.3) is 22.2 Å². The molecule has 1 aliphatic heterocycles. The molecule has 0 radical (unpaired) electrons. The van der Waals surface area contributed by atoms with E-state index in [2.05, 4.69) is 26.1 Å². The number of aromatic amines is 1.